The molecular weight excluding hydrogens is 161 g/mol. The fourth-order valence-corrected chi connectivity index (χ4v) is 0. The van der Waals surface area contributed by atoms with Crippen LogP contribution in [0.25, 0.3) is 0 Å². The van der Waals surface area contributed by atoms with Crippen molar-refractivity contribution >= 4 is 28.9 Å². The second-order valence-electron chi connectivity index (χ2n) is 0.203. The molecule has 0 aliphatic carbocycles. The van der Waals surface area contributed by atoms with Gasteiger partial charge in [0.05, 0.1) is 0 Å². The summed E-state index contributed by atoms with van der Waals surface area (Å²) >= 11 is 0.869. The molecule has 0 aliphatic rings. The first-order chi connectivity index (χ1) is 1.91. The van der Waals surface area contributed by atoms with Crippen LogP contribution in [-0.4, -0.2) is 28.9 Å². The third-order valence-electron chi connectivity index (χ3n) is 0.0456. The Morgan fingerprint density at radius 1 is 2.00 bits per heavy atom. The molecule has 0 spiro atoms. The van der Waals surface area contributed by atoms with Crippen molar-refractivity contribution < 1.29 is 4.79 Å². The normalized spacial score (nSPS) is 4.25. The van der Waals surface area contributed by atoms with E-state index >= 15 is 0 Å². The SMILES string of the molecule is O=C=[N][Sn]. The van der Waals surface area contributed by atoms with Crippen LogP contribution in [0.15, 0.2) is 3.21 Å². The number of hydrogen-bond acceptors (Lipinski definition) is 2. The summed E-state index contributed by atoms with van der Waals surface area (Å²) in [7, 11) is 0. The summed E-state index contributed by atoms with van der Waals surface area (Å²) in [6.07, 6.45) is 1.35. The summed E-state index contributed by atoms with van der Waals surface area (Å²) in [6.45, 7) is 0. The van der Waals surface area contributed by atoms with Crippen LogP contribution >= 0.6 is 0 Å². The van der Waals surface area contributed by atoms with E-state index in [2.05, 4.69) is 3.21 Å². The zero-order valence-corrected chi connectivity index (χ0v) is 4.71. The van der Waals surface area contributed by atoms with E-state index in [1.54, 1.807) is 0 Å². The Morgan fingerprint density at radius 2 is 2.25 bits per heavy atom. The molecule has 0 bridgehead atoms. The molecule has 3 radical (unpaired) electrons. The van der Waals surface area contributed by atoms with Crippen molar-refractivity contribution in [2.75, 3.05) is 0 Å². The predicted molar refractivity (Wildman–Crippen MR) is 13.9 cm³/mol. The van der Waals surface area contributed by atoms with Gasteiger partial charge in [-0.15, -0.1) is 0 Å². The molecule has 0 rings (SSSR count). The average Bonchev–Trinajstić information content (AvgIpc) is 1.37. The van der Waals surface area contributed by atoms with Gasteiger partial charge in [-0.05, 0) is 0 Å². The van der Waals surface area contributed by atoms with Crippen molar-refractivity contribution in [1.29, 1.82) is 0 Å². The van der Waals surface area contributed by atoms with Crippen LogP contribution in [0.5, 0.6) is 0 Å². The summed E-state index contributed by atoms with van der Waals surface area (Å²) < 4.78 is 3.02. The molecule has 0 atom stereocenters. The quantitative estimate of drug-likeness (QED) is 0.265. The Hall–Kier alpha value is 0.179. The van der Waals surface area contributed by atoms with Crippen molar-refractivity contribution in [3.05, 3.63) is 0 Å². The van der Waals surface area contributed by atoms with Crippen LogP contribution in [0.4, 0.5) is 0 Å². The van der Waals surface area contributed by atoms with Gasteiger partial charge >= 0.3 is 36.9 Å². The second kappa shape index (κ2) is 3.18. The van der Waals surface area contributed by atoms with Gasteiger partial charge in [0.1, 0.15) is 0 Å². The molecule has 0 saturated carbocycles. The van der Waals surface area contributed by atoms with E-state index in [4.69, 9.17) is 4.79 Å². The Labute approximate surface area is 37.4 Å². The van der Waals surface area contributed by atoms with Crippen molar-refractivity contribution in [1.82, 2.24) is 0 Å². The van der Waals surface area contributed by atoms with Crippen LogP contribution in [0, 0.1) is 0 Å². The maximum atomic E-state index is 8.90. The number of carbonyl (C=O) groups excluding carboxylic acids is 1. The Kier molecular flexibility index (Phi) is 3.32. The average molecular weight is 161 g/mol. The topological polar surface area (TPSA) is 29.4 Å². The number of nitrogens with zero attached hydrogens (tertiary/aromatic N) is 1. The number of hydrogen-bond donors (Lipinski definition) is 0. The molecule has 0 aliphatic heterocycles. The first-order valence-electron chi connectivity index (χ1n) is 0.651. The third kappa shape index (κ3) is 2.18. The van der Waals surface area contributed by atoms with Gasteiger partial charge in [-0.1, -0.05) is 0 Å². The molecule has 4 heavy (non-hydrogen) atoms. The Balaban J connectivity index is 3.11. The monoisotopic (exact) mass is 162 g/mol. The summed E-state index contributed by atoms with van der Waals surface area (Å²) in [6, 6.07) is 0. The molecule has 2 nitrogen and oxygen atoms in total. The molecule has 0 fully saturated rings. The Morgan fingerprint density at radius 3 is 2.25 bits per heavy atom. The molecule has 19 valence electrons. The van der Waals surface area contributed by atoms with Gasteiger partial charge in [0.15, 0.2) is 0 Å². The van der Waals surface area contributed by atoms with E-state index in [0.29, 0.717) is 0 Å². The van der Waals surface area contributed by atoms with Crippen molar-refractivity contribution in [2.45, 2.75) is 0 Å². The minimum atomic E-state index is 0.869. The van der Waals surface area contributed by atoms with Crippen molar-refractivity contribution in [2.24, 2.45) is 3.21 Å². The van der Waals surface area contributed by atoms with Crippen LogP contribution in [0.1, 0.15) is 0 Å². The molecule has 3 heteroatoms. The van der Waals surface area contributed by atoms with Crippen molar-refractivity contribution in [3.63, 3.8) is 0 Å². The van der Waals surface area contributed by atoms with E-state index in [1.165, 1.54) is 6.08 Å². The maximum absolute atomic E-state index is 8.90. The van der Waals surface area contributed by atoms with Crippen LogP contribution in [0.3, 0.4) is 0 Å². The molecule has 0 N–H and O–H groups in total. The molecule has 0 saturated heterocycles. The number of rotatable bonds is 0. The molecule has 0 aromatic heterocycles. The Bertz CT molecular complexity index is 46.0. The van der Waals surface area contributed by atoms with Gasteiger partial charge in [-0.25, -0.2) is 0 Å². The molecular formula is CNOSn. The molecule has 0 unspecified atom stereocenters. The molecule has 0 aromatic rings. The summed E-state index contributed by atoms with van der Waals surface area (Å²) in [5.74, 6) is 0. The van der Waals surface area contributed by atoms with E-state index in [1.807, 2.05) is 0 Å². The summed E-state index contributed by atoms with van der Waals surface area (Å²) in [5, 5.41) is 0. The first kappa shape index (κ1) is 4.18. The zero-order valence-electron chi connectivity index (χ0n) is 1.86. The van der Waals surface area contributed by atoms with E-state index in [9.17, 15) is 0 Å². The summed E-state index contributed by atoms with van der Waals surface area (Å²) in [5.41, 5.74) is 0. The van der Waals surface area contributed by atoms with Crippen LogP contribution < -0.4 is 0 Å². The standard InChI is InChI=1S/CNO.Sn/c2-1-3;/q-1;+1. The van der Waals surface area contributed by atoms with Gasteiger partial charge in [0.25, 0.3) is 0 Å². The van der Waals surface area contributed by atoms with Crippen LogP contribution in [-0.2, 0) is 4.79 Å². The fourth-order valence-electron chi connectivity index (χ4n) is 0. The summed E-state index contributed by atoms with van der Waals surface area (Å²) in [4.78, 5) is 8.90. The minimum absolute atomic E-state index is 0.869. The van der Waals surface area contributed by atoms with Gasteiger partial charge in [-0.3, -0.25) is 0 Å². The third-order valence-corrected chi connectivity index (χ3v) is 0.306. The van der Waals surface area contributed by atoms with Gasteiger partial charge in [0.2, 0.25) is 0 Å². The zero-order chi connectivity index (χ0) is 3.41. The molecule has 0 heterocycles. The van der Waals surface area contributed by atoms with E-state index in [-0.39, 0.29) is 0 Å². The predicted octanol–water partition coefficient (Wildman–Crippen LogP) is -0.594. The molecule has 0 amide bonds. The second-order valence-corrected chi connectivity index (χ2v) is 0.841. The first-order valence-corrected chi connectivity index (χ1v) is 1.93. The number of isocyanates is 1. The van der Waals surface area contributed by atoms with E-state index < -0.39 is 0 Å². The van der Waals surface area contributed by atoms with Gasteiger partial charge in [-0.2, -0.15) is 0 Å². The van der Waals surface area contributed by atoms with E-state index in [0.717, 1.165) is 22.8 Å². The van der Waals surface area contributed by atoms with Crippen molar-refractivity contribution in [3.8, 4) is 0 Å². The molecule has 0 aromatic carbocycles. The van der Waals surface area contributed by atoms with Gasteiger partial charge in [0, 0.05) is 0 Å². The van der Waals surface area contributed by atoms with Crippen LogP contribution in [0.2, 0.25) is 0 Å². The van der Waals surface area contributed by atoms with Gasteiger partial charge < -0.3 is 0 Å². The fraction of sp³-hybridized carbons (Fsp3) is 0.